The lowest BCUT2D eigenvalue weighted by Gasteiger charge is -2.39. The summed E-state index contributed by atoms with van der Waals surface area (Å²) in [5, 5.41) is 0. The van der Waals surface area contributed by atoms with Gasteiger partial charge in [0.1, 0.15) is 11.6 Å². The van der Waals surface area contributed by atoms with E-state index in [0.29, 0.717) is 6.07 Å². The normalized spacial score (nSPS) is 11.0. The second-order valence-electron chi connectivity index (χ2n) is 7.58. The number of rotatable bonds is 14. The van der Waals surface area contributed by atoms with Crippen molar-refractivity contribution in [2.45, 2.75) is 79.1 Å². The molecule has 0 saturated carbocycles. The fourth-order valence-electron chi connectivity index (χ4n) is 3.29. The molecule has 0 bridgehead atoms. The smallest absolute Gasteiger partial charge is 0.418 e. The Hall–Kier alpha value is -1.34. The van der Waals surface area contributed by atoms with Crippen molar-refractivity contribution >= 4 is 9.17 Å². The zero-order chi connectivity index (χ0) is 22.1. The number of nitrogens with zero attached hydrogens (tertiary/aromatic N) is 1. The van der Waals surface area contributed by atoms with Crippen molar-refractivity contribution in [3.8, 4) is 5.75 Å². The van der Waals surface area contributed by atoms with Gasteiger partial charge in [-0.15, -0.1) is 0 Å². The Bertz CT molecular complexity index is 535. The van der Waals surface area contributed by atoms with Gasteiger partial charge in [0.2, 0.25) is 0 Å². The van der Waals surface area contributed by atoms with Crippen molar-refractivity contribution in [1.82, 2.24) is 0 Å². The third-order valence-corrected chi connectivity index (χ3v) is 5.42. The molecule has 168 valence electrons. The first-order chi connectivity index (χ1) is 13.8. The molecule has 4 nitrogen and oxygen atoms in total. The molecule has 0 heterocycles. The molecule has 1 aromatic rings. The van der Waals surface area contributed by atoms with Crippen LogP contribution in [0.25, 0.3) is 0 Å². The molecular weight excluding hydrogens is 392 g/mol. The molecule has 0 spiro atoms. The first-order valence-corrected chi connectivity index (χ1v) is 12.3. The Morgan fingerprint density at radius 1 is 0.862 bits per heavy atom. The lowest BCUT2D eigenvalue weighted by atomic mass is 10.1. The van der Waals surface area contributed by atoms with Crippen LogP contribution in [0.15, 0.2) is 18.2 Å². The van der Waals surface area contributed by atoms with E-state index in [0.717, 1.165) is 12.1 Å². The van der Waals surface area contributed by atoms with E-state index >= 15 is 0 Å². The molecule has 0 aliphatic carbocycles. The highest BCUT2D eigenvalue weighted by atomic mass is 28.3. The molecule has 1 aromatic carbocycles. The molecule has 0 atom stereocenters. The van der Waals surface area contributed by atoms with Crippen molar-refractivity contribution in [3.05, 3.63) is 29.8 Å². The summed E-state index contributed by atoms with van der Waals surface area (Å²) in [6.45, 7) is 15.0. The van der Waals surface area contributed by atoms with Crippen LogP contribution in [0.2, 0.25) is 0 Å². The predicted molar refractivity (Wildman–Crippen MR) is 113 cm³/mol. The van der Waals surface area contributed by atoms with Gasteiger partial charge in [-0.2, -0.15) is 0 Å². The van der Waals surface area contributed by atoms with E-state index in [4.69, 9.17) is 0 Å². The standard InChI is InChI=1S/C16H36N.C6H3F2O3Si/c1-5-9-13-17(14-10-6-2,15-11-7-3)16-12-8-4;7-4-1-2-6(5(8)3-4)11-12(9)10/h5-16H2,1-4H3;1-3H/q+1;-1. The van der Waals surface area contributed by atoms with Crippen LogP contribution in [0.3, 0.4) is 0 Å². The molecular formula is C22H39F2NO3Si. The van der Waals surface area contributed by atoms with Crippen molar-refractivity contribution in [2.24, 2.45) is 0 Å². The van der Waals surface area contributed by atoms with Crippen molar-refractivity contribution in [1.29, 1.82) is 0 Å². The minimum Gasteiger partial charge on any atom is -0.552 e. The van der Waals surface area contributed by atoms with Gasteiger partial charge in [-0.3, -0.25) is 0 Å². The van der Waals surface area contributed by atoms with Crippen LogP contribution >= 0.6 is 0 Å². The first-order valence-electron chi connectivity index (χ1n) is 11.0. The van der Waals surface area contributed by atoms with Crippen LogP contribution < -0.4 is 9.22 Å². The Kier molecular flexibility index (Phi) is 15.7. The van der Waals surface area contributed by atoms with Crippen LogP contribution in [-0.2, 0) is 4.46 Å². The van der Waals surface area contributed by atoms with Gasteiger partial charge in [-0.25, -0.2) is 8.78 Å². The molecule has 0 aliphatic rings. The molecule has 7 heteroatoms. The van der Waals surface area contributed by atoms with Crippen LogP contribution in [0.1, 0.15) is 79.1 Å². The molecule has 0 aromatic heterocycles. The number of quaternary nitrogens is 1. The van der Waals surface area contributed by atoms with Gasteiger partial charge < -0.3 is 18.2 Å². The van der Waals surface area contributed by atoms with Gasteiger partial charge in [0.25, 0.3) is 0 Å². The van der Waals surface area contributed by atoms with Crippen LogP contribution in [0, 0.1) is 11.6 Å². The third kappa shape index (κ3) is 12.7. The van der Waals surface area contributed by atoms with Gasteiger partial charge in [0.15, 0.2) is 0 Å². The highest BCUT2D eigenvalue weighted by Gasteiger charge is 2.24. The largest absolute Gasteiger partial charge is 0.552 e. The molecule has 1 rings (SSSR count). The number of benzene rings is 1. The highest BCUT2D eigenvalue weighted by molar-refractivity contribution is 6.23. The summed E-state index contributed by atoms with van der Waals surface area (Å²) in [6, 6.07) is 2.36. The lowest BCUT2D eigenvalue weighted by Crippen LogP contribution is -2.50. The maximum absolute atomic E-state index is 12.6. The van der Waals surface area contributed by atoms with Crippen LogP contribution in [-0.4, -0.2) is 39.8 Å². The van der Waals surface area contributed by atoms with E-state index in [1.165, 1.54) is 82.0 Å². The van der Waals surface area contributed by atoms with E-state index < -0.39 is 26.6 Å². The van der Waals surface area contributed by atoms with E-state index in [1.54, 1.807) is 0 Å². The Balaban J connectivity index is 0.000000571. The Morgan fingerprint density at radius 2 is 1.28 bits per heavy atom. The van der Waals surface area contributed by atoms with Gasteiger partial charge in [0.05, 0.1) is 31.9 Å². The molecule has 0 fully saturated rings. The van der Waals surface area contributed by atoms with Crippen LogP contribution in [0.5, 0.6) is 5.75 Å². The highest BCUT2D eigenvalue weighted by Crippen LogP contribution is 2.17. The van der Waals surface area contributed by atoms with E-state index in [2.05, 4.69) is 32.1 Å². The third-order valence-electron chi connectivity index (χ3n) is 5.03. The quantitative estimate of drug-likeness (QED) is 0.303. The summed E-state index contributed by atoms with van der Waals surface area (Å²) < 4.78 is 40.3. The second-order valence-corrected chi connectivity index (χ2v) is 8.28. The minimum atomic E-state index is -3.48. The van der Waals surface area contributed by atoms with Crippen LogP contribution in [0.4, 0.5) is 8.78 Å². The molecule has 0 amide bonds. The summed E-state index contributed by atoms with van der Waals surface area (Å²) in [7, 11) is -3.48. The summed E-state index contributed by atoms with van der Waals surface area (Å²) >= 11 is 0. The number of hydrogen-bond donors (Lipinski definition) is 0. The average Bonchev–Trinajstić information content (AvgIpc) is 2.69. The molecule has 29 heavy (non-hydrogen) atoms. The van der Waals surface area contributed by atoms with E-state index in [1.807, 2.05) is 0 Å². The van der Waals surface area contributed by atoms with Gasteiger partial charge in [0, 0.05) is 6.07 Å². The summed E-state index contributed by atoms with van der Waals surface area (Å²) in [5.74, 6) is -2.31. The SMILES string of the molecule is CCCC[N+](CCCC)(CCCC)CCCC.O=[Si]([O-])Oc1ccc(F)cc1F. The van der Waals surface area contributed by atoms with Gasteiger partial charge >= 0.3 is 9.17 Å². The zero-order valence-electron chi connectivity index (χ0n) is 18.6. The molecule has 0 N–H and O–H groups in total. The maximum atomic E-state index is 12.6. The fourth-order valence-corrected chi connectivity index (χ4v) is 3.64. The molecule has 0 radical (unpaired) electrons. The van der Waals surface area contributed by atoms with Gasteiger partial charge in [-0.1, -0.05) is 53.4 Å². The lowest BCUT2D eigenvalue weighted by molar-refractivity contribution is -0.929. The van der Waals surface area contributed by atoms with E-state index in [9.17, 15) is 18.0 Å². The van der Waals surface area contributed by atoms with Crippen molar-refractivity contribution < 1.29 is 26.9 Å². The predicted octanol–water partition coefficient (Wildman–Crippen LogP) is 5.12. The number of unbranched alkanes of at least 4 members (excludes halogenated alkanes) is 4. The molecule has 0 aliphatic heterocycles. The summed E-state index contributed by atoms with van der Waals surface area (Å²) in [6.07, 6.45) is 11.1. The Labute approximate surface area is 177 Å². The second kappa shape index (κ2) is 16.5. The summed E-state index contributed by atoms with van der Waals surface area (Å²) in [5.41, 5.74) is 0. The van der Waals surface area contributed by atoms with Crippen molar-refractivity contribution in [3.63, 3.8) is 0 Å². The van der Waals surface area contributed by atoms with E-state index in [-0.39, 0.29) is 0 Å². The number of halogens is 2. The van der Waals surface area contributed by atoms with Gasteiger partial charge in [-0.05, 0) is 37.8 Å². The molecule has 0 unspecified atom stereocenters. The van der Waals surface area contributed by atoms with Crippen molar-refractivity contribution in [2.75, 3.05) is 26.2 Å². The fraction of sp³-hybridized carbons (Fsp3) is 0.727. The molecule has 0 saturated heterocycles. The topological polar surface area (TPSA) is 49.4 Å². The first kappa shape index (κ1) is 27.7. The average molecular weight is 432 g/mol. The minimum absolute atomic E-state index is 0.490. The number of hydrogen-bond acceptors (Lipinski definition) is 3. The zero-order valence-corrected chi connectivity index (χ0v) is 19.6. The summed E-state index contributed by atoms with van der Waals surface area (Å²) in [4.78, 5) is 10.00. The Morgan fingerprint density at radius 3 is 1.59 bits per heavy atom. The maximum Gasteiger partial charge on any atom is 0.418 e. The monoisotopic (exact) mass is 431 g/mol.